The van der Waals surface area contributed by atoms with E-state index in [1.54, 1.807) is 16.8 Å². The molecule has 23 heavy (non-hydrogen) atoms. The summed E-state index contributed by atoms with van der Waals surface area (Å²) in [5.41, 5.74) is 3.87. The van der Waals surface area contributed by atoms with Gasteiger partial charge in [0.15, 0.2) is 0 Å². The molecule has 4 nitrogen and oxygen atoms in total. The second kappa shape index (κ2) is 8.14. The molecule has 0 aliphatic heterocycles. The van der Waals surface area contributed by atoms with Gasteiger partial charge in [-0.15, -0.1) is 0 Å². The van der Waals surface area contributed by atoms with Gasteiger partial charge in [-0.2, -0.15) is 0 Å². The third kappa shape index (κ3) is 4.57. The SMILES string of the molecule is CCN(CC)C(=O)CN(C)C(=O)Cc1ccc2c(c1)CCCC2. The van der Waals surface area contributed by atoms with Crippen LogP contribution >= 0.6 is 0 Å². The van der Waals surface area contributed by atoms with Crippen LogP contribution in [0.4, 0.5) is 0 Å². The maximum absolute atomic E-state index is 12.4. The highest BCUT2D eigenvalue weighted by molar-refractivity contribution is 5.85. The highest BCUT2D eigenvalue weighted by Gasteiger charge is 2.17. The summed E-state index contributed by atoms with van der Waals surface area (Å²) in [6.07, 6.45) is 5.15. The van der Waals surface area contributed by atoms with E-state index in [1.807, 2.05) is 13.8 Å². The zero-order valence-corrected chi connectivity index (χ0v) is 14.6. The zero-order valence-electron chi connectivity index (χ0n) is 14.6. The van der Waals surface area contributed by atoms with Crippen molar-refractivity contribution in [2.45, 2.75) is 46.0 Å². The van der Waals surface area contributed by atoms with Gasteiger partial charge in [-0.1, -0.05) is 18.2 Å². The van der Waals surface area contributed by atoms with Crippen LogP contribution in [-0.2, 0) is 28.9 Å². The van der Waals surface area contributed by atoms with Crippen LogP contribution in [-0.4, -0.2) is 48.3 Å². The van der Waals surface area contributed by atoms with Crippen molar-refractivity contribution >= 4 is 11.8 Å². The Morgan fingerprint density at radius 3 is 2.30 bits per heavy atom. The lowest BCUT2D eigenvalue weighted by molar-refractivity contribution is -0.138. The summed E-state index contributed by atoms with van der Waals surface area (Å²) < 4.78 is 0. The second-order valence-corrected chi connectivity index (χ2v) is 6.30. The molecule has 0 aromatic heterocycles. The number of nitrogens with zero attached hydrogens (tertiary/aromatic N) is 2. The highest BCUT2D eigenvalue weighted by Crippen LogP contribution is 2.22. The molecule has 0 N–H and O–H groups in total. The van der Waals surface area contributed by atoms with E-state index in [0.29, 0.717) is 19.5 Å². The molecule has 1 aromatic rings. The van der Waals surface area contributed by atoms with Gasteiger partial charge in [-0.05, 0) is 56.2 Å². The molecule has 0 bridgehead atoms. The fraction of sp³-hybridized carbons (Fsp3) is 0.579. The van der Waals surface area contributed by atoms with E-state index in [9.17, 15) is 9.59 Å². The van der Waals surface area contributed by atoms with Crippen LogP contribution in [0.5, 0.6) is 0 Å². The van der Waals surface area contributed by atoms with Crippen LogP contribution in [0.3, 0.4) is 0 Å². The lowest BCUT2D eigenvalue weighted by Crippen LogP contribution is -2.41. The summed E-state index contributed by atoms with van der Waals surface area (Å²) in [7, 11) is 1.71. The minimum atomic E-state index is 0.00117. The van der Waals surface area contributed by atoms with Crippen molar-refractivity contribution in [1.29, 1.82) is 0 Å². The van der Waals surface area contributed by atoms with Crippen LogP contribution in [0.15, 0.2) is 18.2 Å². The van der Waals surface area contributed by atoms with Crippen molar-refractivity contribution in [3.63, 3.8) is 0 Å². The summed E-state index contributed by atoms with van der Waals surface area (Å²) >= 11 is 0. The van der Waals surface area contributed by atoms with Crippen molar-refractivity contribution in [3.05, 3.63) is 34.9 Å². The molecule has 2 rings (SSSR count). The predicted molar refractivity (Wildman–Crippen MR) is 92.4 cm³/mol. The molecule has 2 amide bonds. The maximum Gasteiger partial charge on any atom is 0.242 e. The molecule has 0 unspecified atom stereocenters. The number of likely N-dealkylation sites (N-methyl/N-ethyl adjacent to an activating group) is 2. The molecule has 0 fully saturated rings. The van der Waals surface area contributed by atoms with Gasteiger partial charge >= 0.3 is 0 Å². The maximum atomic E-state index is 12.4. The number of fused-ring (bicyclic) bond motifs is 1. The lowest BCUT2D eigenvalue weighted by Gasteiger charge is -2.23. The molecule has 0 heterocycles. The summed E-state index contributed by atoms with van der Waals surface area (Å²) in [4.78, 5) is 27.8. The van der Waals surface area contributed by atoms with E-state index in [1.165, 1.54) is 24.0 Å². The average molecular weight is 316 g/mol. The number of amides is 2. The van der Waals surface area contributed by atoms with Gasteiger partial charge in [0.05, 0.1) is 13.0 Å². The fourth-order valence-corrected chi connectivity index (χ4v) is 3.17. The molecule has 126 valence electrons. The Hall–Kier alpha value is -1.84. The van der Waals surface area contributed by atoms with Crippen molar-refractivity contribution in [3.8, 4) is 0 Å². The Balaban J connectivity index is 1.94. The molecule has 1 aromatic carbocycles. The second-order valence-electron chi connectivity index (χ2n) is 6.30. The third-order valence-corrected chi connectivity index (χ3v) is 4.68. The Labute approximate surface area is 139 Å². The van der Waals surface area contributed by atoms with Crippen molar-refractivity contribution in [2.75, 3.05) is 26.7 Å². The van der Waals surface area contributed by atoms with Gasteiger partial charge in [0.25, 0.3) is 0 Å². The number of carbonyl (C=O) groups is 2. The third-order valence-electron chi connectivity index (χ3n) is 4.68. The van der Waals surface area contributed by atoms with E-state index in [0.717, 1.165) is 18.4 Å². The first kappa shape index (κ1) is 17.5. The zero-order chi connectivity index (χ0) is 16.8. The quantitative estimate of drug-likeness (QED) is 0.809. The van der Waals surface area contributed by atoms with Crippen LogP contribution in [0.25, 0.3) is 0 Å². The molecule has 0 saturated carbocycles. The Morgan fingerprint density at radius 2 is 1.65 bits per heavy atom. The number of carbonyl (C=O) groups excluding carboxylic acids is 2. The minimum Gasteiger partial charge on any atom is -0.342 e. The summed E-state index contributed by atoms with van der Waals surface area (Å²) in [5, 5.41) is 0. The normalized spacial score (nSPS) is 13.3. The van der Waals surface area contributed by atoms with Crippen LogP contribution < -0.4 is 0 Å². The summed E-state index contributed by atoms with van der Waals surface area (Å²) in [5.74, 6) is 0.0116. The van der Waals surface area contributed by atoms with Gasteiger partial charge in [0.1, 0.15) is 0 Å². The van der Waals surface area contributed by atoms with Gasteiger partial charge in [-0.25, -0.2) is 0 Å². The van der Waals surface area contributed by atoms with E-state index in [2.05, 4.69) is 18.2 Å². The molecule has 0 atom stereocenters. The van der Waals surface area contributed by atoms with E-state index in [4.69, 9.17) is 0 Å². The fourth-order valence-electron chi connectivity index (χ4n) is 3.17. The first-order valence-electron chi connectivity index (χ1n) is 8.67. The summed E-state index contributed by atoms with van der Waals surface area (Å²) in [6, 6.07) is 6.40. The van der Waals surface area contributed by atoms with E-state index in [-0.39, 0.29) is 18.4 Å². The molecule has 1 aliphatic carbocycles. The van der Waals surface area contributed by atoms with E-state index < -0.39 is 0 Å². The number of aryl methyl sites for hydroxylation is 2. The average Bonchev–Trinajstić information content (AvgIpc) is 2.55. The first-order chi connectivity index (χ1) is 11.0. The van der Waals surface area contributed by atoms with Crippen LogP contribution in [0.1, 0.15) is 43.4 Å². The molecule has 0 radical (unpaired) electrons. The Morgan fingerprint density at radius 1 is 1.00 bits per heavy atom. The predicted octanol–water partition coefficient (Wildman–Crippen LogP) is 2.43. The standard InChI is InChI=1S/C19H28N2O2/c1-4-21(5-2)19(23)14-20(3)18(22)13-15-10-11-16-8-6-7-9-17(16)12-15/h10-12H,4-9,13-14H2,1-3H3. The van der Waals surface area contributed by atoms with Gasteiger partial charge in [0, 0.05) is 20.1 Å². The topological polar surface area (TPSA) is 40.6 Å². The van der Waals surface area contributed by atoms with Gasteiger partial charge in [0.2, 0.25) is 11.8 Å². The number of hydrogen-bond acceptors (Lipinski definition) is 2. The lowest BCUT2D eigenvalue weighted by atomic mass is 9.90. The molecular weight excluding hydrogens is 288 g/mol. The van der Waals surface area contributed by atoms with Crippen molar-refractivity contribution in [2.24, 2.45) is 0 Å². The number of rotatable bonds is 6. The number of hydrogen-bond donors (Lipinski definition) is 0. The molecule has 4 heteroatoms. The monoisotopic (exact) mass is 316 g/mol. The van der Waals surface area contributed by atoms with E-state index >= 15 is 0 Å². The molecule has 0 saturated heterocycles. The molecule has 0 spiro atoms. The van der Waals surface area contributed by atoms with Gasteiger partial charge in [-0.3, -0.25) is 9.59 Å². The minimum absolute atomic E-state index is 0.00117. The molecule has 1 aliphatic rings. The van der Waals surface area contributed by atoms with Crippen LogP contribution in [0, 0.1) is 0 Å². The first-order valence-corrected chi connectivity index (χ1v) is 8.67. The Kier molecular flexibility index (Phi) is 6.20. The summed E-state index contributed by atoms with van der Waals surface area (Å²) in [6.45, 7) is 5.43. The number of benzene rings is 1. The smallest absolute Gasteiger partial charge is 0.242 e. The van der Waals surface area contributed by atoms with Gasteiger partial charge < -0.3 is 9.80 Å². The van der Waals surface area contributed by atoms with Crippen LogP contribution in [0.2, 0.25) is 0 Å². The van der Waals surface area contributed by atoms with Crippen molar-refractivity contribution in [1.82, 2.24) is 9.80 Å². The van der Waals surface area contributed by atoms with Crippen molar-refractivity contribution < 1.29 is 9.59 Å². The Bertz CT molecular complexity index is 564. The molecular formula is C19H28N2O2. The highest BCUT2D eigenvalue weighted by atomic mass is 16.2. The largest absolute Gasteiger partial charge is 0.342 e.